The summed E-state index contributed by atoms with van der Waals surface area (Å²) in [5, 5.41) is 2.92. The molecule has 2 aromatic rings. The molecule has 1 heterocycles. The number of halogens is 2. The molecular formula is C19H20FIN2OS. The topological polar surface area (TPSA) is 32.3 Å². The second-order valence-corrected chi connectivity index (χ2v) is 8.45. The Hall–Kier alpha value is -1.12. The molecule has 0 aromatic heterocycles. The molecule has 0 saturated carbocycles. The average Bonchev–Trinajstić information content (AvgIpc) is 2.61. The number of carbonyl (C=O) groups is 1. The number of rotatable bonds is 4. The molecule has 3 rings (SSSR count). The molecule has 1 saturated heterocycles. The molecule has 0 radical (unpaired) electrons. The van der Waals surface area contributed by atoms with Crippen LogP contribution in [-0.4, -0.2) is 35.4 Å². The van der Waals surface area contributed by atoms with Gasteiger partial charge in [-0.2, -0.15) is 11.8 Å². The predicted molar refractivity (Wildman–Crippen MR) is 111 cm³/mol. The van der Waals surface area contributed by atoms with Crippen molar-refractivity contribution >= 4 is 45.9 Å². The van der Waals surface area contributed by atoms with Gasteiger partial charge in [0.1, 0.15) is 5.82 Å². The number of nitrogens with zero attached hydrogens (tertiary/aromatic N) is 1. The van der Waals surface area contributed by atoms with Gasteiger partial charge in [-0.1, -0.05) is 12.1 Å². The van der Waals surface area contributed by atoms with Gasteiger partial charge in [-0.25, -0.2) is 4.39 Å². The second kappa shape index (κ2) is 8.51. The lowest BCUT2D eigenvalue weighted by Crippen LogP contribution is -2.32. The Morgan fingerprint density at radius 3 is 2.76 bits per heavy atom. The normalized spacial score (nSPS) is 15.2. The van der Waals surface area contributed by atoms with Gasteiger partial charge in [-0.15, -0.1) is 0 Å². The smallest absolute Gasteiger partial charge is 0.255 e. The van der Waals surface area contributed by atoms with Crippen molar-refractivity contribution in [3.63, 3.8) is 0 Å². The molecule has 1 N–H and O–H groups in total. The Morgan fingerprint density at radius 1 is 1.28 bits per heavy atom. The molecule has 2 aromatic carbocycles. The fourth-order valence-electron chi connectivity index (χ4n) is 2.82. The molecule has 0 atom stereocenters. The molecule has 25 heavy (non-hydrogen) atoms. The number of anilines is 1. The van der Waals surface area contributed by atoms with Gasteiger partial charge in [0.15, 0.2) is 0 Å². The molecule has 0 aliphatic carbocycles. The standard InChI is InChI=1S/C19H20FIN2OS/c1-13-15(12-23-7-9-25-10-8-23)3-2-4-18(13)22-19(24)14-5-6-17(21)16(20)11-14/h2-6,11H,7-10,12H2,1H3,(H,22,24). The number of nitrogens with one attached hydrogen (secondary N) is 1. The monoisotopic (exact) mass is 470 g/mol. The molecule has 0 unspecified atom stereocenters. The molecule has 0 bridgehead atoms. The van der Waals surface area contributed by atoms with Crippen LogP contribution >= 0.6 is 34.4 Å². The van der Waals surface area contributed by atoms with Gasteiger partial charge in [0, 0.05) is 46.0 Å². The summed E-state index contributed by atoms with van der Waals surface area (Å²) >= 11 is 3.91. The van der Waals surface area contributed by atoms with Crippen LogP contribution in [0.1, 0.15) is 21.5 Å². The Balaban J connectivity index is 1.74. The third kappa shape index (κ3) is 4.74. The Kier molecular flexibility index (Phi) is 6.35. The maximum atomic E-state index is 13.7. The first kappa shape index (κ1) is 18.7. The minimum absolute atomic E-state index is 0.287. The van der Waals surface area contributed by atoms with Gasteiger partial charge in [0.05, 0.1) is 0 Å². The zero-order valence-electron chi connectivity index (χ0n) is 14.0. The van der Waals surface area contributed by atoms with E-state index < -0.39 is 0 Å². The minimum atomic E-state index is -0.373. The van der Waals surface area contributed by atoms with E-state index in [0.29, 0.717) is 9.13 Å². The second-order valence-electron chi connectivity index (χ2n) is 6.06. The van der Waals surface area contributed by atoms with E-state index in [1.165, 1.54) is 23.1 Å². The first-order valence-corrected chi connectivity index (χ1v) is 10.4. The van der Waals surface area contributed by atoms with Crippen LogP contribution in [0, 0.1) is 16.3 Å². The third-order valence-electron chi connectivity index (χ3n) is 4.37. The van der Waals surface area contributed by atoms with E-state index in [4.69, 9.17) is 0 Å². The van der Waals surface area contributed by atoms with Gasteiger partial charge in [-0.3, -0.25) is 9.69 Å². The van der Waals surface area contributed by atoms with Crippen LogP contribution in [0.15, 0.2) is 36.4 Å². The Bertz CT molecular complexity index is 778. The molecular weight excluding hydrogens is 450 g/mol. The third-order valence-corrected chi connectivity index (χ3v) is 6.19. The van der Waals surface area contributed by atoms with Crippen LogP contribution in [-0.2, 0) is 6.54 Å². The summed E-state index contributed by atoms with van der Waals surface area (Å²) in [5.41, 5.74) is 3.40. The van der Waals surface area contributed by atoms with Crippen molar-refractivity contribution < 1.29 is 9.18 Å². The fourth-order valence-corrected chi connectivity index (χ4v) is 4.14. The highest BCUT2D eigenvalue weighted by Gasteiger charge is 2.15. The largest absolute Gasteiger partial charge is 0.322 e. The van der Waals surface area contributed by atoms with Crippen molar-refractivity contribution in [1.29, 1.82) is 0 Å². The SMILES string of the molecule is Cc1c(CN2CCSCC2)cccc1NC(=O)c1ccc(I)c(F)c1. The van der Waals surface area contributed by atoms with Crippen molar-refractivity contribution in [2.75, 3.05) is 29.9 Å². The van der Waals surface area contributed by atoms with E-state index >= 15 is 0 Å². The number of thioether (sulfide) groups is 1. The predicted octanol–water partition coefficient (Wildman–Crippen LogP) is 4.54. The summed E-state index contributed by atoms with van der Waals surface area (Å²) in [6.45, 7) is 5.12. The molecule has 132 valence electrons. The molecule has 1 amide bonds. The van der Waals surface area contributed by atoms with Crippen molar-refractivity contribution in [3.8, 4) is 0 Å². The number of benzene rings is 2. The Labute approximate surface area is 165 Å². The molecule has 6 heteroatoms. The maximum absolute atomic E-state index is 13.7. The summed E-state index contributed by atoms with van der Waals surface area (Å²) < 4.78 is 14.2. The fraction of sp³-hybridized carbons (Fsp3) is 0.316. The van der Waals surface area contributed by atoms with E-state index in [1.54, 1.807) is 12.1 Å². The van der Waals surface area contributed by atoms with Crippen LogP contribution in [0.4, 0.5) is 10.1 Å². The average molecular weight is 470 g/mol. The van der Waals surface area contributed by atoms with Crippen molar-refractivity contribution in [2.24, 2.45) is 0 Å². The number of hydrogen-bond acceptors (Lipinski definition) is 3. The molecule has 0 spiro atoms. The summed E-state index contributed by atoms with van der Waals surface area (Å²) in [6.07, 6.45) is 0. The van der Waals surface area contributed by atoms with E-state index in [9.17, 15) is 9.18 Å². The maximum Gasteiger partial charge on any atom is 0.255 e. The van der Waals surface area contributed by atoms with E-state index in [2.05, 4.69) is 16.3 Å². The van der Waals surface area contributed by atoms with Gasteiger partial charge in [0.2, 0.25) is 0 Å². The minimum Gasteiger partial charge on any atom is -0.322 e. The quantitative estimate of drug-likeness (QED) is 0.667. The van der Waals surface area contributed by atoms with Crippen LogP contribution in [0.5, 0.6) is 0 Å². The molecule has 1 aliphatic rings. The highest BCUT2D eigenvalue weighted by atomic mass is 127. The van der Waals surface area contributed by atoms with Gasteiger partial charge >= 0.3 is 0 Å². The van der Waals surface area contributed by atoms with Crippen LogP contribution in [0.2, 0.25) is 0 Å². The summed E-state index contributed by atoms with van der Waals surface area (Å²) in [4.78, 5) is 14.9. The highest BCUT2D eigenvalue weighted by Crippen LogP contribution is 2.23. The number of carbonyl (C=O) groups excluding carboxylic acids is 1. The van der Waals surface area contributed by atoms with Crippen LogP contribution in [0.25, 0.3) is 0 Å². The van der Waals surface area contributed by atoms with Crippen molar-refractivity contribution in [2.45, 2.75) is 13.5 Å². The lowest BCUT2D eigenvalue weighted by Gasteiger charge is -2.27. The summed E-state index contributed by atoms with van der Waals surface area (Å²) in [6, 6.07) is 10.5. The van der Waals surface area contributed by atoms with E-state index in [-0.39, 0.29) is 11.7 Å². The first-order valence-electron chi connectivity index (χ1n) is 8.19. The lowest BCUT2D eigenvalue weighted by molar-refractivity contribution is 0.102. The van der Waals surface area contributed by atoms with Crippen molar-refractivity contribution in [1.82, 2.24) is 4.90 Å². The van der Waals surface area contributed by atoms with E-state index in [0.717, 1.165) is 30.9 Å². The number of hydrogen-bond donors (Lipinski definition) is 1. The zero-order chi connectivity index (χ0) is 17.8. The lowest BCUT2D eigenvalue weighted by atomic mass is 10.1. The number of amides is 1. The summed E-state index contributed by atoms with van der Waals surface area (Å²) in [5.74, 6) is 1.69. The Morgan fingerprint density at radius 2 is 2.04 bits per heavy atom. The first-order chi connectivity index (χ1) is 12.0. The molecule has 1 aliphatic heterocycles. The molecule has 3 nitrogen and oxygen atoms in total. The van der Waals surface area contributed by atoms with E-state index in [1.807, 2.05) is 53.4 Å². The van der Waals surface area contributed by atoms with Crippen LogP contribution < -0.4 is 5.32 Å². The van der Waals surface area contributed by atoms with Gasteiger partial charge in [0.25, 0.3) is 5.91 Å². The van der Waals surface area contributed by atoms with Crippen molar-refractivity contribution in [3.05, 3.63) is 62.5 Å². The molecule has 1 fully saturated rings. The highest BCUT2D eigenvalue weighted by molar-refractivity contribution is 14.1. The van der Waals surface area contributed by atoms with Gasteiger partial charge in [-0.05, 0) is 64.9 Å². The van der Waals surface area contributed by atoms with Gasteiger partial charge < -0.3 is 5.32 Å². The summed E-state index contributed by atoms with van der Waals surface area (Å²) in [7, 11) is 0. The van der Waals surface area contributed by atoms with Crippen LogP contribution in [0.3, 0.4) is 0 Å². The zero-order valence-corrected chi connectivity index (χ0v) is 17.0.